The third-order valence-electron chi connectivity index (χ3n) is 3.96. The fourth-order valence-electron chi connectivity index (χ4n) is 2.59. The molecule has 1 aliphatic carbocycles. The van der Waals surface area contributed by atoms with Crippen LogP contribution in [0.25, 0.3) is 0 Å². The molecule has 0 unspecified atom stereocenters. The average molecular weight is 265 g/mol. The predicted molar refractivity (Wildman–Crippen MR) is 68.3 cm³/mol. The van der Waals surface area contributed by atoms with Gasteiger partial charge in [-0.15, -0.1) is 0 Å². The molecule has 0 saturated heterocycles. The SMILES string of the molecule is CN(CCn1cccn1)C(=O)[C@@H]1[C@H](C(=O)O)C1(C)C. The Bertz CT molecular complexity index is 481. The summed E-state index contributed by atoms with van der Waals surface area (Å²) in [6, 6.07) is 1.83. The molecule has 0 radical (unpaired) electrons. The number of carboxylic acid groups (broad SMARTS) is 1. The fourth-order valence-corrected chi connectivity index (χ4v) is 2.59. The summed E-state index contributed by atoms with van der Waals surface area (Å²) in [5.41, 5.74) is -0.442. The number of hydrogen-bond acceptors (Lipinski definition) is 3. The number of aliphatic carboxylic acids is 1. The summed E-state index contributed by atoms with van der Waals surface area (Å²) >= 11 is 0. The topological polar surface area (TPSA) is 75.4 Å². The van der Waals surface area contributed by atoms with Crippen molar-refractivity contribution in [1.29, 1.82) is 0 Å². The number of amides is 1. The number of likely N-dealkylation sites (N-methyl/N-ethyl adjacent to an activating group) is 1. The zero-order valence-electron chi connectivity index (χ0n) is 11.4. The van der Waals surface area contributed by atoms with Crippen LogP contribution in [0.4, 0.5) is 0 Å². The smallest absolute Gasteiger partial charge is 0.307 e. The maximum atomic E-state index is 12.2. The second kappa shape index (κ2) is 4.68. The van der Waals surface area contributed by atoms with Gasteiger partial charge in [-0.3, -0.25) is 14.3 Å². The molecule has 6 heteroatoms. The van der Waals surface area contributed by atoms with Crippen molar-refractivity contribution in [3.05, 3.63) is 18.5 Å². The Kier molecular flexibility index (Phi) is 3.34. The summed E-state index contributed by atoms with van der Waals surface area (Å²) in [7, 11) is 1.71. The molecule has 2 atom stereocenters. The Balaban J connectivity index is 1.91. The van der Waals surface area contributed by atoms with Crippen LogP contribution in [-0.2, 0) is 16.1 Å². The lowest BCUT2D eigenvalue weighted by atomic mass is 10.1. The molecule has 1 fully saturated rings. The van der Waals surface area contributed by atoms with E-state index in [2.05, 4.69) is 5.10 Å². The molecule has 0 spiro atoms. The zero-order chi connectivity index (χ0) is 14.2. The number of nitrogens with zero attached hydrogens (tertiary/aromatic N) is 3. The minimum absolute atomic E-state index is 0.0930. The van der Waals surface area contributed by atoms with Crippen LogP contribution >= 0.6 is 0 Å². The lowest BCUT2D eigenvalue weighted by molar-refractivity contribution is -0.141. The molecule has 1 N–H and O–H groups in total. The molecule has 6 nitrogen and oxygen atoms in total. The first-order valence-corrected chi connectivity index (χ1v) is 6.31. The van der Waals surface area contributed by atoms with Gasteiger partial charge in [-0.25, -0.2) is 0 Å². The molecule has 0 bridgehead atoms. The number of hydrogen-bond donors (Lipinski definition) is 1. The molecule has 1 aromatic heterocycles. The fraction of sp³-hybridized carbons (Fsp3) is 0.615. The lowest BCUT2D eigenvalue weighted by Gasteiger charge is -2.17. The molecule has 1 aliphatic rings. The lowest BCUT2D eigenvalue weighted by Crippen LogP contribution is -2.33. The molecule has 1 amide bonds. The van der Waals surface area contributed by atoms with Crippen molar-refractivity contribution in [1.82, 2.24) is 14.7 Å². The molecule has 104 valence electrons. The van der Waals surface area contributed by atoms with Crippen LogP contribution in [0.5, 0.6) is 0 Å². The van der Waals surface area contributed by atoms with Crippen molar-refractivity contribution in [2.24, 2.45) is 17.3 Å². The summed E-state index contributed by atoms with van der Waals surface area (Å²) < 4.78 is 1.75. The van der Waals surface area contributed by atoms with E-state index in [1.54, 1.807) is 22.8 Å². The van der Waals surface area contributed by atoms with Crippen molar-refractivity contribution >= 4 is 11.9 Å². The first kappa shape index (κ1) is 13.6. The van der Waals surface area contributed by atoms with Crippen LogP contribution in [0.15, 0.2) is 18.5 Å². The number of carboxylic acids is 1. The van der Waals surface area contributed by atoms with Crippen molar-refractivity contribution in [2.75, 3.05) is 13.6 Å². The van der Waals surface area contributed by atoms with Crippen molar-refractivity contribution in [3.8, 4) is 0 Å². The molecule has 2 rings (SSSR count). The van der Waals surface area contributed by atoms with Gasteiger partial charge in [0.2, 0.25) is 5.91 Å². The molecule has 0 aliphatic heterocycles. The highest BCUT2D eigenvalue weighted by molar-refractivity contribution is 5.91. The Morgan fingerprint density at radius 1 is 1.42 bits per heavy atom. The number of aromatic nitrogens is 2. The van der Waals surface area contributed by atoms with Crippen molar-refractivity contribution in [2.45, 2.75) is 20.4 Å². The standard InChI is InChI=1S/C13H19N3O3/c1-13(2)9(10(13)12(18)19)11(17)15(3)7-8-16-6-4-5-14-16/h4-6,9-10H,7-8H2,1-3H3,(H,18,19)/t9-,10+/m0/s1. The minimum Gasteiger partial charge on any atom is -0.481 e. The van der Waals surface area contributed by atoms with Gasteiger partial charge in [0.05, 0.1) is 18.4 Å². The average Bonchev–Trinajstić information content (AvgIpc) is 2.73. The normalized spacial score (nSPS) is 23.9. The van der Waals surface area contributed by atoms with Crippen LogP contribution in [0.3, 0.4) is 0 Å². The Morgan fingerprint density at radius 3 is 2.58 bits per heavy atom. The van der Waals surface area contributed by atoms with E-state index in [-0.39, 0.29) is 5.91 Å². The first-order chi connectivity index (χ1) is 8.85. The Morgan fingerprint density at radius 2 is 2.11 bits per heavy atom. The van der Waals surface area contributed by atoms with Gasteiger partial charge in [0.1, 0.15) is 0 Å². The molecular formula is C13H19N3O3. The van der Waals surface area contributed by atoms with E-state index < -0.39 is 23.2 Å². The van der Waals surface area contributed by atoms with Gasteiger partial charge in [0.25, 0.3) is 0 Å². The highest BCUT2D eigenvalue weighted by Crippen LogP contribution is 2.58. The third kappa shape index (κ3) is 2.47. The van der Waals surface area contributed by atoms with E-state index >= 15 is 0 Å². The maximum Gasteiger partial charge on any atom is 0.307 e. The van der Waals surface area contributed by atoms with E-state index in [0.717, 1.165) is 0 Å². The van der Waals surface area contributed by atoms with Gasteiger partial charge >= 0.3 is 5.97 Å². The second-order valence-corrected chi connectivity index (χ2v) is 5.64. The molecule has 1 saturated carbocycles. The molecule has 0 aromatic carbocycles. The van der Waals surface area contributed by atoms with E-state index in [1.165, 1.54) is 0 Å². The monoisotopic (exact) mass is 265 g/mol. The highest BCUT2D eigenvalue weighted by atomic mass is 16.4. The Hall–Kier alpha value is -1.85. The third-order valence-corrected chi connectivity index (χ3v) is 3.96. The second-order valence-electron chi connectivity index (χ2n) is 5.64. The quantitative estimate of drug-likeness (QED) is 0.850. The largest absolute Gasteiger partial charge is 0.481 e. The van der Waals surface area contributed by atoms with Gasteiger partial charge < -0.3 is 10.0 Å². The van der Waals surface area contributed by atoms with Crippen molar-refractivity contribution in [3.63, 3.8) is 0 Å². The van der Waals surface area contributed by atoms with E-state index in [4.69, 9.17) is 5.11 Å². The number of carbonyl (C=O) groups excluding carboxylic acids is 1. The summed E-state index contributed by atoms with van der Waals surface area (Å²) in [5, 5.41) is 13.1. The maximum absolute atomic E-state index is 12.2. The van der Waals surface area contributed by atoms with Crippen LogP contribution < -0.4 is 0 Å². The predicted octanol–water partition coefficient (Wildman–Crippen LogP) is 0.698. The summed E-state index contributed by atoms with van der Waals surface area (Å²) in [6.07, 6.45) is 3.52. The van der Waals surface area contributed by atoms with Crippen LogP contribution in [0, 0.1) is 17.3 Å². The molecule has 1 aromatic rings. The summed E-state index contributed by atoms with van der Waals surface area (Å²) in [6.45, 7) is 4.80. The van der Waals surface area contributed by atoms with Crippen LogP contribution in [-0.4, -0.2) is 45.3 Å². The molecule has 1 heterocycles. The van der Waals surface area contributed by atoms with Crippen molar-refractivity contribution < 1.29 is 14.7 Å². The number of rotatable bonds is 5. The summed E-state index contributed by atoms with van der Waals surface area (Å²) in [5.74, 6) is -1.95. The Labute approximate surface area is 112 Å². The van der Waals surface area contributed by atoms with E-state index in [1.807, 2.05) is 26.1 Å². The molecular weight excluding hydrogens is 246 g/mol. The van der Waals surface area contributed by atoms with Gasteiger partial charge in [0.15, 0.2) is 0 Å². The summed E-state index contributed by atoms with van der Waals surface area (Å²) in [4.78, 5) is 24.9. The van der Waals surface area contributed by atoms with Gasteiger partial charge in [0, 0.05) is 26.0 Å². The van der Waals surface area contributed by atoms with Crippen LogP contribution in [0.2, 0.25) is 0 Å². The van der Waals surface area contributed by atoms with Crippen LogP contribution in [0.1, 0.15) is 13.8 Å². The van der Waals surface area contributed by atoms with Gasteiger partial charge in [-0.05, 0) is 11.5 Å². The zero-order valence-corrected chi connectivity index (χ0v) is 11.4. The minimum atomic E-state index is -0.885. The molecule has 19 heavy (non-hydrogen) atoms. The van der Waals surface area contributed by atoms with E-state index in [0.29, 0.717) is 13.1 Å². The first-order valence-electron chi connectivity index (χ1n) is 6.31. The van der Waals surface area contributed by atoms with E-state index in [9.17, 15) is 9.59 Å². The highest BCUT2D eigenvalue weighted by Gasteiger charge is 2.66. The van der Waals surface area contributed by atoms with Gasteiger partial charge in [-0.1, -0.05) is 13.8 Å². The number of carbonyl (C=O) groups is 2. The van der Waals surface area contributed by atoms with Gasteiger partial charge in [-0.2, -0.15) is 5.10 Å².